The first-order valence-corrected chi connectivity index (χ1v) is 30.2. The summed E-state index contributed by atoms with van der Waals surface area (Å²) in [4.78, 5) is 40.6. The SMILES string of the molecule is CO[C@]1(C)[C@@H]2CC[C@@]3(C)C(CC=C4C5CC(C)(C)CC[C@]5(C(=O)O[C@@H]5OC(CO)[C@H](NC(=O)CCCCCCCCCCC(C)=O)C(O)C5O[C@@H]5OC(C)[C@H](O[C@@H]6OC[C@@H](O)C(O)C6O)C(O)C5O)C(O)C[C@]43C)C2(C)CC[C@@H]1O. The Labute approximate surface area is 473 Å². The fraction of sp³-hybridized carbons (Fsp3) is 0.917. The number of carbonyl (C=O) groups is 3. The number of allylic oxidation sites excluding steroid dienone is 2. The standard InChI is InChI=1S/C60H99NO19/c1-32(63)18-16-14-12-10-11-13-15-17-19-42(67)61-43-37(30-62)77-53(50(45(43)69)79-52-48(72)46(70)49(33(2)76-52)78-51-47(71)44(68)36(64)31-75-51)80-54(73)60-27-26-55(3,4)28-35(60)34-20-21-38-56(5)24-23-40(65)59(8,74-9)39(56)22-25-57(38,6)58(34,7)29-41(60)66/h20,33,35-41,43-53,62,64-66,68-72H,10-19,21-31H2,1-9H3,(H,61,67)/t33?,35?,36-,37?,38?,39-,40+,41?,43+,44?,45?,46?,47?,48?,49+,50?,51+,52+,53+,56?,57+,58-,59-,60-/m1/s1. The van der Waals surface area contributed by atoms with Crippen LogP contribution in [-0.2, 0) is 47.5 Å². The molecule has 7 fully saturated rings. The number of aliphatic hydroxyl groups excluding tert-OH is 9. The molecule has 0 aromatic carbocycles. The molecule has 20 nitrogen and oxygen atoms in total. The van der Waals surface area contributed by atoms with Gasteiger partial charge in [0.2, 0.25) is 12.2 Å². The molecule has 8 rings (SSSR count). The van der Waals surface area contributed by atoms with Gasteiger partial charge in [0.25, 0.3) is 0 Å². The van der Waals surface area contributed by atoms with Crippen molar-refractivity contribution >= 4 is 17.7 Å². The van der Waals surface area contributed by atoms with Crippen LogP contribution in [0.5, 0.6) is 0 Å². The summed E-state index contributed by atoms with van der Waals surface area (Å²) in [5.74, 6) is -1.23. The number of unbranched alkanes of at least 4 members (excludes halogenated alkanes) is 7. The highest BCUT2D eigenvalue weighted by molar-refractivity contribution is 5.80. The second-order valence-electron chi connectivity index (χ2n) is 27.3. The van der Waals surface area contributed by atoms with Crippen molar-refractivity contribution in [2.45, 2.75) is 281 Å². The fourth-order valence-corrected chi connectivity index (χ4v) is 16.8. The summed E-state index contributed by atoms with van der Waals surface area (Å²) in [5, 5.41) is 105. The number of fused-ring (bicyclic) bond motifs is 7. The van der Waals surface area contributed by atoms with Crippen molar-refractivity contribution in [2.75, 3.05) is 20.3 Å². The van der Waals surface area contributed by atoms with Gasteiger partial charge in [-0.1, -0.05) is 84.8 Å². The van der Waals surface area contributed by atoms with Gasteiger partial charge in [-0.3, -0.25) is 9.59 Å². The summed E-state index contributed by atoms with van der Waals surface area (Å²) in [7, 11) is 1.69. The van der Waals surface area contributed by atoms with Gasteiger partial charge in [-0.25, -0.2) is 0 Å². The molecule has 0 radical (unpaired) electrons. The van der Waals surface area contributed by atoms with Crippen molar-refractivity contribution in [3.05, 3.63) is 11.6 Å². The average molecular weight is 1140 g/mol. The molecule has 3 heterocycles. The predicted molar refractivity (Wildman–Crippen MR) is 289 cm³/mol. The number of esters is 1. The van der Waals surface area contributed by atoms with E-state index in [2.05, 4.69) is 46.0 Å². The van der Waals surface area contributed by atoms with Crippen molar-refractivity contribution < 1.29 is 93.5 Å². The number of hydrogen-bond acceptors (Lipinski definition) is 19. The van der Waals surface area contributed by atoms with E-state index in [-0.39, 0.29) is 59.7 Å². The molecule has 24 atom stereocenters. The van der Waals surface area contributed by atoms with Gasteiger partial charge in [-0.05, 0) is 131 Å². The molecule has 10 N–H and O–H groups in total. The molecule has 8 aliphatic rings. The summed E-state index contributed by atoms with van der Waals surface area (Å²) in [6, 6.07) is -1.33. The number of ether oxygens (including phenoxy) is 7. The maximum Gasteiger partial charge on any atom is 0.317 e. The number of methoxy groups -OCH3 is 1. The van der Waals surface area contributed by atoms with Gasteiger partial charge in [0, 0.05) is 20.0 Å². The molecule has 0 aromatic heterocycles. The highest BCUT2D eigenvalue weighted by Gasteiger charge is 2.72. The molecule has 5 aliphatic carbocycles. The van der Waals surface area contributed by atoms with Gasteiger partial charge in [-0.15, -0.1) is 0 Å². The number of Topliss-reactive ketones (excluding diaryl/α,β-unsaturated/α-hetero) is 1. The summed E-state index contributed by atoms with van der Waals surface area (Å²) < 4.78 is 42.7. The van der Waals surface area contributed by atoms with Gasteiger partial charge in [0.15, 0.2) is 18.7 Å². The van der Waals surface area contributed by atoms with E-state index < -0.39 is 139 Å². The Balaban J connectivity index is 1.04. The molecular weight excluding hydrogens is 1040 g/mol. The predicted octanol–water partition coefficient (Wildman–Crippen LogP) is 3.77. The first-order chi connectivity index (χ1) is 37.6. The van der Waals surface area contributed by atoms with Gasteiger partial charge < -0.3 is 89.2 Å². The van der Waals surface area contributed by atoms with Crippen LogP contribution in [0.25, 0.3) is 0 Å². The maximum atomic E-state index is 15.7. The van der Waals surface area contributed by atoms with Crippen LogP contribution < -0.4 is 5.32 Å². The third kappa shape index (κ3) is 11.8. The van der Waals surface area contributed by atoms with Crippen LogP contribution in [0.15, 0.2) is 11.6 Å². The third-order valence-corrected chi connectivity index (χ3v) is 22.0. The van der Waals surface area contributed by atoms with Gasteiger partial charge in [0.1, 0.15) is 60.0 Å². The zero-order chi connectivity index (χ0) is 58.5. The summed E-state index contributed by atoms with van der Waals surface area (Å²) in [5.41, 5.74) is -2.36. The minimum Gasteiger partial charge on any atom is -0.432 e. The highest BCUT2D eigenvalue weighted by atomic mass is 16.8. The molecule has 0 aromatic rings. The van der Waals surface area contributed by atoms with E-state index in [0.29, 0.717) is 32.1 Å². The Morgan fingerprint density at radius 1 is 0.688 bits per heavy atom. The molecule has 4 saturated carbocycles. The molecule has 0 spiro atoms. The highest BCUT2D eigenvalue weighted by Crippen LogP contribution is 2.75. The van der Waals surface area contributed by atoms with Crippen molar-refractivity contribution in [1.29, 1.82) is 0 Å². The Kier molecular flexibility index (Phi) is 19.9. The van der Waals surface area contributed by atoms with E-state index in [0.717, 1.165) is 76.2 Å². The lowest BCUT2D eigenvalue weighted by molar-refractivity contribution is -0.370. The van der Waals surface area contributed by atoms with E-state index in [9.17, 15) is 55.5 Å². The first kappa shape index (κ1) is 63.8. The van der Waals surface area contributed by atoms with Crippen LogP contribution in [-0.4, -0.2) is 188 Å². The topological polar surface area (TPSA) is 310 Å². The van der Waals surface area contributed by atoms with E-state index in [4.69, 9.17) is 33.2 Å². The van der Waals surface area contributed by atoms with Crippen LogP contribution >= 0.6 is 0 Å². The number of ketones is 1. The van der Waals surface area contributed by atoms with Gasteiger partial charge >= 0.3 is 5.97 Å². The second kappa shape index (κ2) is 25.0. The number of amides is 1. The van der Waals surface area contributed by atoms with Crippen LogP contribution in [0, 0.1) is 44.8 Å². The van der Waals surface area contributed by atoms with Crippen molar-refractivity contribution in [3.63, 3.8) is 0 Å². The third-order valence-electron chi connectivity index (χ3n) is 22.0. The Morgan fingerprint density at radius 3 is 1.98 bits per heavy atom. The van der Waals surface area contributed by atoms with Gasteiger partial charge in [-0.2, -0.15) is 0 Å². The van der Waals surface area contributed by atoms with Crippen LogP contribution in [0.3, 0.4) is 0 Å². The van der Waals surface area contributed by atoms with Gasteiger partial charge in [0.05, 0.1) is 43.2 Å². The van der Waals surface area contributed by atoms with E-state index >= 15 is 4.79 Å². The van der Waals surface area contributed by atoms with Crippen LogP contribution in [0.4, 0.5) is 0 Å². The van der Waals surface area contributed by atoms with Crippen LogP contribution in [0.1, 0.15) is 177 Å². The Bertz CT molecular complexity index is 2180. The normalized spacial score (nSPS) is 47.1. The summed E-state index contributed by atoms with van der Waals surface area (Å²) >= 11 is 0. The Morgan fingerprint density at radius 2 is 1.32 bits per heavy atom. The molecular formula is C60H99NO19. The molecule has 80 heavy (non-hydrogen) atoms. The van der Waals surface area contributed by atoms with E-state index in [1.165, 1.54) is 6.92 Å². The smallest absolute Gasteiger partial charge is 0.317 e. The largest absolute Gasteiger partial charge is 0.432 e. The lowest BCUT2D eigenvalue weighted by atomic mass is 9.34. The molecule has 20 heteroatoms. The second-order valence-corrected chi connectivity index (χ2v) is 27.3. The van der Waals surface area contributed by atoms with Crippen molar-refractivity contribution in [3.8, 4) is 0 Å². The van der Waals surface area contributed by atoms with E-state index in [1.54, 1.807) is 14.0 Å². The Hall–Kier alpha value is -2.25. The number of aliphatic hydroxyl groups is 9. The quantitative estimate of drug-likeness (QED) is 0.0471. The molecule has 3 aliphatic heterocycles. The number of nitrogens with one attached hydrogen (secondary N) is 1. The minimum absolute atomic E-state index is 0.0943. The van der Waals surface area contributed by atoms with Crippen LogP contribution in [0.2, 0.25) is 0 Å². The molecule has 12 unspecified atom stereocenters. The lowest BCUT2D eigenvalue weighted by Crippen LogP contribution is -2.70. The lowest BCUT2D eigenvalue weighted by Gasteiger charge is -2.71. The van der Waals surface area contributed by atoms with Crippen molar-refractivity contribution in [1.82, 2.24) is 5.32 Å². The summed E-state index contributed by atoms with van der Waals surface area (Å²) in [6.45, 7) is 15.3. The number of hydrogen-bond donors (Lipinski definition) is 10. The maximum absolute atomic E-state index is 15.7. The monoisotopic (exact) mass is 1140 g/mol. The molecule has 3 saturated heterocycles. The minimum atomic E-state index is -1.93. The van der Waals surface area contributed by atoms with E-state index in [1.807, 2.05) is 6.92 Å². The average Bonchev–Trinajstić information content (AvgIpc) is 3.49. The molecule has 0 bridgehead atoms. The molecule has 1 amide bonds. The number of rotatable bonds is 20. The number of carbonyl (C=O) groups excluding carboxylic acids is 3. The fourth-order valence-electron chi connectivity index (χ4n) is 16.8. The molecule has 458 valence electrons. The zero-order valence-electron chi connectivity index (χ0n) is 49.0. The van der Waals surface area contributed by atoms with Crippen molar-refractivity contribution in [2.24, 2.45) is 44.8 Å². The first-order valence-electron chi connectivity index (χ1n) is 30.2. The zero-order valence-corrected chi connectivity index (χ0v) is 49.0. The summed E-state index contributed by atoms with van der Waals surface area (Å²) in [6.07, 6.45) is -7.08.